The van der Waals surface area contributed by atoms with Gasteiger partial charge in [0.25, 0.3) is 0 Å². The van der Waals surface area contributed by atoms with Crippen molar-refractivity contribution in [2.45, 2.75) is 30.8 Å². The summed E-state index contributed by atoms with van der Waals surface area (Å²) in [5, 5.41) is 40.0. The summed E-state index contributed by atoms with van der Waals surface area (Å²) in [6.07, 6.45) is -3.80. The Labute approximate surface area is 168 Å². The van der Waals surface area contributed by atoms with Crippen molar-refractivity contribution in [3.05, 3.63) is 64.2 Å². The molecule has 3 rings (SSSR count). The van der Waals surface area contributed by atoms with E-state index >= 15 is 0 Å². The summed E-state index contributed by atoms with van der Waals surface area (Å²) in [6, 6.07) is 14.7. The van der Waals surface area contributed by atoms with Gasteiger partial charge in [0.05, 0.1) is 25.9 Å². The van der Waals surface area contributed by atoms with Crippen LogP contribution in [-0.2, 0) is 11.2 Å². The van der Waals surface area contributed by atoms with Gasteiger partial charge in [-0.1, -0.05) is 35.9 Å². The smallest absolute Gasteiger partial charge is 0.118 e. The molecule has 0 aromatic heterocycles. The molecule has 1 fully saturated rings. The molecule has 1 saturated heterocycles. The molecule has 0 unspecified atom stereocenters. The third kappa shape index (κ3) is 4.14. The quantitative estimate of drug-likeness (QED) is 0.707. The van der Waals surface area contributed by atoms with Gasteiger partial charge in [-0.2, -0.15) is 5.26 Å². The first-order valence-electron chi connectivity index (χ1n) is 8.91. The van der Waals surface area contributed by atoms with Crippen LogP contribution in [0.4, 0.5) is 0 Å². The van der Waals surface area contributed by atoms with Gasteiger partial charge in [0, 0.05) is 5.02 Å². The molecule has 1 aliphatic heterocycles. The van der Waals surface area contributed by atoms with Gasteiger partial charge < -0.3 is 24.8 Å². The number of nitriles is 1. The van der Waals surface area contributed by atoms with E-state index in [1.807, 2.05) is 36.4 Å². The molecule has 3 N–H and O–H groups in total. The summed E-state index contributed by atoms with van der Waals surface area (Å²) in [5.74, 6) is -0.235. The predicted octanol–water partition coefficient (Wildman–Crippen LogP) is 2.23. The third-order valence-electron chi connectivity index (χ3n) is 5.03. The molecule has 2 aromatic rings. The Balaban J connectivity index is 1.86. The number of ether oxygens (including phenoxy) is 2. The van der Waals surface area contributed by atoms with E-state index < -0.39 is 36.9 Å². The molecule has 1 aliphatic rings. The van der Waals surface area contributed by atoms with Crippen molar-refractivity contribution in [1.82, 2.24) is 0 Å². The molecule has 1 heterocycles. The minimum Gasteiger partial charge on any atom is -0.497 e. The maximum absolute atomic E-state index is 10.5. The molecule has 0 radical (unpaired) electrons. The summed E-state index contributed by atoms with van der Waals surface area (Å²) in [5.41, 5.74) is 2.48. The molecule has 28 heavy (non-hydrogen) atoms. The van der Waals surface area contributed by atoms with Gasteiger partial charge in [0.15, 0.2) is 0 Å². The number of aliphatic hydroxyl groups excluding tert-OH is 3. The van der Waals surface area contributed by atoms with E-state index in [-0.39, 0.29) is 0 Å². The van der Waals surface area contributed by atoms with E-state index in [0.717, 1.165) is 16.9 Å². The summed E-state index contributed by atoms with van der Waals surface area (Å²) < 4.78 is 10.9. The first kappa shape index (κ1) is 20.6. The Bertz CT molecular complexity index is 849. The van der Waals surface area contributed by atoms with Crippen LogP contribution in [0.25, 0.3) is 0 Å². The van der Waals surface area contributed by atoms with Crippen molar-refractivity contribution >= 4 is 11.6 Å². The largest absolute Gasteiger partial charge is 0.497 e. The highest BCUT2D eigenvalue weighted by molar-refractivity contribution is 6.31. The summed E-state index contributed by atoms with van der Waals surface area (Å²) in [6.45, 7) is -0.426. The Morgan fingerprint density at radius 1 is 1.14 bits per heavy atom. The second-order valence-corrected chi connectivity index (χ2v) is 7.20. The van der Waals surface area contributed by atoms with E-state index in [4.69, 9.17) is 21.1 Å². The summed E-state index contributed by atoms with van der Waals surface area (Å²) in [7, 11) is 1.61. The molecular weight excluding hydrogens is 382 g/mol. The lowest BCUT2D eigenvalue weighted by atomic mass is 9.85. The Morgan fingerprint density at radius 3 is 2.46 bits per heavy atom. The molecule has 2 aromatic carbocycles. The lowest BCUT2D eigenvalue weighted by Crippen LogP contribution is -2.51. The minimum absolute atomic E-state index is 0.426. The van der Waals surface area contributed by atoms with Crippen LogP contribution < -0.4 is 4.74 Å². The van der Waals surface area contributed by atoms with Crippen LogP contribution in [0.15, 0.2) is 42.5 Å². The van der Waals surface area contributed by atoms with E-state index in [0.29, 0.717) is 17.0 Å². The van der Waals surface area contributed by atoms with Gasteiger partial charge in [-0.25, -0.2) is 0 Å². The van der Waals surface area contributed by atoms with Crippen molar-refractivity contribution in [3.63, 3.8) is 0 Å². The van der Waals surface area contributed by atoms with Crippen LogP contribution in [0.2, 0.25) is 5.02 Å². The monoisotopic (exact) mass is 403 g/mol. The van der Waals surface area contributed by atoms with E-state index in [2.05, 4.69) is 0 Å². The third-order valence-corrected chi connectivity index (χ3v) is 5.40. The molecule has 0 bridgehead atoms. The highest BCUT2D eigenvalue weighted by Gasteiger charge is 2.45. The van der Waals surface area contributed by atoms with Crippen LogP contribution in [0.5, 0.6) is 5.75 Å². The highest BCUT2D eigenvalue weighted by atomic mass is 35.5. The Kier molecular flexibility index (Phi) is 6.55. The highest BCUT2D eigenvalue weighted by Crippen LogP contribution is 2.36. The van der Waals surface area contributed by atoms with E-state index in [9.17, 15) is 20.6 Å². The molecule has 7 heteroatoms. The molecule has 0 aliphatic carbocycles. The van der Waals surface area contributed by atoms with Gasteiger partial charge in [0.2, 0.25) is 0 Å². The van der Waals surface area contributed by atoms with Gasteiger partial charge in [-0.05, 0) is 41.3 Å². The standard InChI is InChI=1S/C21H22ClNO5/c1-27-15-5-2-12(3-6-15)8-14-9-13(4-7-17(14)22)21-20(26)19(25)16(10-23)18(11-24)28-21/h2-7,9,16,18-21,24-26H,8,11H2,1H3/t16-,18-,19+,20-,21+/m1/s1. The number of nitrogens with zero attached hydrogens (tertiary/aromatic N) is 1. The van der Waals surface area contributed by atoms with Crippen LogP contribution in [0.3, 0.4) is 0 Å². The Hall–Kier alpha value is -2.14. The fraction of sp³-hybridized carbons (Fsp3) is 0.381. The van der Waals surface area contributed by atoms with E-state index in [1.165, 1.54) is 0 Å². The molecule has 5 atom stereocenters. The summed E-state index contributed by atoms with van der Waals surface area (Å²) >= 11 is 6.35. The van der Waals surface area contributed by atoms with Crippen molar-refractivity contribution < 1.29 is 24.8 Å². The second-order valence-electron chi connectivity index (χ2n) is 6.79. The van der Waals surface area contributed by atoms with Crippen molar-refractivity contribution in [2.24, 2.45) is 5.92 Å². The van der Waals surface area contributed by atoms with Crippen LogP contribution in [0.1, 0.15) is 22.8 Å². The van der Waals surface area contributed by atoms with Crippen molar-refractivity contribution in [1.29, 1.82) is 5.26 Å². The van der Waals surface area contributed by atoms with Gasteiger partial charge in [-0.3, -0.25) is 0 Å². The topological polar surface area (TPSA) is 103 Å². The molecule has 0 saturated carbocycles. The normalized spacial score (nSPS) is 27.2. The lowest BCUT2D eigenvalue weighted by molar-refractivity contribution is -0.198. The molecule has 148 valence electrons. The number of methoxy groups -OCH3 is 1. The zero-order valence-electron chi connectivity index (χ0n) is 15.3. The zero-order chi connectivity index (χ0) is 20.3. The van der Waals surface area contributed by atoms with E-state index in [1.54, 1.807) is 19.2 Å². The number of rotatable bonds is 5. The average molecular weight is 404 g/mol. The molecule has 0 spiro atoms. The maximum atomic E-state index is 10.5. The van der Waals surface area contributed by atoms with Crippen LogP contribution in [-0.4, -0.2) is 47.3 Å². The predicted molar refractivity (Wildman–Crippen MR) is 103 cm³/mol. The van der Waals surface area contributed by atoms with Crippen LogP contribution >= 0.6 is 11.6 Å². The fourth-order valence-corrected chi connectivity index (χ4v) is 3.61. The zero-order valence-corrected chi connectivity index (χ0v) is 16.1. The number of hydrogen-bond acceptors (Lipinski definition) is 6. The van der Waals surface area contributed by atoms with Gasteiger partial charge in [-0.15, -0.1) is 0 Å². The number of aliphatic hydroxyl groups is 3. The molecular formula is C21H22ClNO5. The van der Waals surface area contributed by atoms with Crippen LogP contribution in [0, 0.1) is 17.2 Å². The maximum Gasteiger partial charge on any atom is 0.118 e. The summed E-state index contributed by atoms with van der Waals surface area (Å²) in [4.78, 5) is 0. The number of benzene rings is 2. The molecule has 6 nitrogen and oxygen atoms in total. The molecule has 0 amide bonds. The Morgan fingerprint density at radius 2 is 1.86 bits per heavy atom. The van der Waals surface area contributed by atoms with Gasteiger partial charge in [0.1, 0.15) is 30.0 Å². The van der Waals surface area contributed by atoms with Crippen molar-refractivity contribution in [3.8, 4) is 11.8 Å². The first-order valence-corrected chi connectivity index (χ1v) is 9.29. The van der Waals surface area contributed by atoms with Crippen molar-refractivity contribution in [2.75, 3.05) is 13.7 Å². The average Bonchev–Trinajstić information content (AvgIpc) is 2.72. The SMILES string of the molecule is COc1ccc(Cc2cc([C@@H]3O[C@H](CO)[C@@H](C#N)[C@H](O)[C@H]3O)ccc2Cl)cc1. The van der Waals surface area contributed by atoms with Gasteiger partial charge >= 0.3 is 0 Å². The second kappa shape index (κ2) is 8.91. The number of hydrogen-bond donors (Lipinski definition) is 3. The first-order chi connectivity index (χ1) is 13.5. The lowest BCUT2D eigenvalue weighted by Gasteiger charge is -2.40. The minimum atomic E-state index is -1.32. The number of halogens is 1. The fourth-order valence-electron chi connectivity index (χ4n) is 3.43.